The molecule has 0 heterocycles. The molecule has 0 aromatic carbocycles. The van der Waals surface area contributed by atoms with Gasteiger partial charge >= 0.3 is 0 Å². The summed E-state index contributed by atoms with van der Waals surface area (Å²) in [6, 6.07) is 0. The van der Waals surface area contributed by atoms with E-state index in [4.69, 9.17) is 14.2 Å². The van der Waals surface area contributed by atoms with Crippen LogP contribution in [-0.4, -0.2) is 44.5 Å². The predicted molar refractivity (Wildman–Crippen MR) is 84.5 cm³/mol. The second kappa shape index (κ2) is 8.72. The third-order valence-electron chi connectivity index (χ3n) is 4.90. The lowest BCUT2D eigenvalue weighted by Gasteiger charge is -2.53. The van der Waals surface area contributed by atoms with E-state index in [1.165, 1.54) is 44.9 Å². The van der Waals surface area contributed by atoms with E-state index in [0.717, 1.165) is 26.2 Å². The van der Waals surface area contributed by atoms with Gasteiger partial charge in [0.25, 0.3) is 0 Å². The maximum Gasteiger partial charge on any atom is 0.0704 e. The highest BCUT2D eigenvalue weighted by Crippen LogP contribution is 2.55. The lowest BCUT2D eigenvalue weighted by Crippen LogP contribution is -2.55. The van der Waals surface area contributed by atoms with Gasteiger partial charge in [0, 0.05) is 30.6 Å². The first-order valence-corrected chi connectivity index (χ1v) is 9.03. The molecule has 2 rings (SSSR count). The Bertz CT molecular complexity index is 264. The Balaban J connectivity index is 1.63. The van der Waals surface area contributed by atoms with E-state index in [0.29, 0.717) is 23.0 Å². The molecule has 2 aliphatic rings. The summed E-state index contributed by atoms with van der Waals surface area (Å²) in [7, 11) is 1.72. The van der Waals surface area contributed by atoms with Crippen molar-refractivity contribution in [1.82, 2.24) is 0 Å². The van der Waals surface area contributed by atoms with Gasteiger partial charge in [-0.1, -0.05) is 41.6 Å². The Hall–Kier alpha value is 0.360. The van der Waals surface area contributed by atoms with Gasteiger partial charge in [0.1, 0.15) is 0 Å². The Labute approximate surface area is 131 Å². The Morgan fingerprint density at radius 2 is 1.75 bits per heavy atom. The van der Waals surface area contributed by atoms with Gasteiger partial charge in [-0.25, -0.2) is 0 Å². The summed E-state index contributed by atoms with van der Waals surface area (Å²) in [5, 5.41) is 0. The number of alkyl halides is 1. The van der Waals surface area contributed by atoms with Crippen molar-refractivity contribution in [2.45, 2.75) is 62.3 Å². The molecule has 0 aliphatic heterocycles. The van der Waals surface area contributed by atoms with Gasteiger partial charge in [0.05, 0.1) is 19.3 Å². The lowest BCUT2D eigenvalue weighted by atomic mass is 9.61. The molecule has 2 fully saturated rings. The molecular weight excluding hydrogens is 320 g/mol. The molecule has 2 unspecified atom stereocenters. The van der Waals surface area contributed by atoms with Crippen LogP contribution in [0.2, 0.25) is 0 Å². The van der Waals surface area contributed by atoms with Gasteiger partial charge in [-0.3, -0.25) is 0 Å². The third-order valence-corrected chi connectivity index (χ3v) is 6.19. The van der Waals surface area contributed by atoms with Crippen molar-refractivity contribution in [1.29, 1.82) is 0 Å². The van der Waals surface area contributed by atoms with Gasteiger partial charge < -0.3 is 14.2 Å². The van der Waals surface area contributed by atoms with Gasteiger partial charge in [-0.2, -0.15) is 0 Å². The predicted octanol–water partition coefficient (Wildman–Crippen LogP) is 3.93. The molecule has 2 saturated carbocycles. The van der Waals surface area contributed by atoms with Crippen molar-refractivity contribution in [2.75, 3.05) is 33.5 Å². The second-order valence-corrected chi connectivity index (χ2v) is 7.27. The molecule has 2 aliphatic carbocycles. The smallest absolute Gasteiger partial charge is 0.0704 e. The Morgan fingerprint density at radius 3 is 2.40 bits per heavy atom. The van der Waals surface area contributed by atoms with Crippen molar-refractivity contribution in [2.24, 2.45) is 5.41 Å². The third kappa shape index (κ3) is 4.19. The molecule has 1 spiro atoms. The summed E-state index contributed by atoms with van der Waals surface area (Å²) in [6.45, 7) is 2.99. The number of methoxy groups -OCH3 is 1. The van der Waals surface area contributed by atoms with E-state index in [1.807, 2.05) is 0 Å². The SMILES string of the molecule is COCCCOCCOC1CC(Br)C12CCCCCC2. The van der Waals surface area contributed by atoms with Crippen LogP contribution in [-0.2, 0) is 14.2 Å². The molecule has 0 aromatic heterocycles. The summed E-state index contributed by atoms with van der Waals surface area (Å²) >= 11 is 3.88. The standard InChI is InChI=1S/C16H29BrO3/c1-18-9-6-10-19-11-12-20-15-13-14(17)16(15)7-4-2-3-5-8-16/h14-15H,2-13H2,1H3. The molecule has 2 atom stereocenters. The second-order valence-electron chi connectivity index (χ2n) is 6.17. The van der Waals surface area contributed by atoms with Crippen LogP contribution in [0, 0.1) is 5.41 Å². The Kier molecular flexibility index (Phi) is 7.29. The molecule has 0 bridgehead atoms. The zero-order valence-electron chi connectivity index (χ0n) is 12.7. The molecule has 4 heteroatoms. The summed E-state index contributed by atoms with van der Waals surface area (Å²) in [4.78, 5) is 0.667. The van der Waals surface area contributed by atoms with Crippen molar-refractivity contribution in [3.05, 3.63) is 0 Å². The van der Waals surface area contributed by atoms with Crippen LogP contribution in [0.5, 0.6) is 0 Å². The van der Waals surface area contributed by atoms with E-state index in [2.05, 4.69) is 15.9 Å². The largest absolute Gasteiger partial charge is 0.385 e. The summed E-state index contributed by atoms with van der Waals surface area (Å²) in [5.41, 5.74) is 0.423. The molecule has 3 nitrogen and oxygen atoms in total. The zero-order valence-corrected chi connectivity index (χ0v) is 14.3. The van der Waals surface area contributed by atoms with E-state index in [9.17, 15) is 0 Å². The zero-order chi connectivity index (χ0) is 14.3. The minimum absolute atomic E-state index is 0.423. The lowest BCUT2D eigenvalue weighted by molar-refractivity contribution is -0.121. The number of halogens is 1. The molecule has 0 saturated heterocycles. The molecular formula is C16H29BrO3. The van der Waals surface area contributed by atoms with Gasteiger partial charge in [0.2, 0.25) is 0 Å². The maximum absolute atomic E-state index is 6.12. The molecule has 20 heavy (non-hydrogen) atoms. The molecule has 0 radical (unpaired) electrons. The van der Waals surface area contributed by atoms with Crippen LogP contribution in [0.1, 0.15) is 51.4 Å². The van der Waals surface area contributed by atoms with E-state index in [1.54, 1.807) is 7.11 Å². The van der Waals surface area contributed by atoms with Crippen LogP contribution < -0.4 is 0 Å². The van der Waals surface area contributed by atoms with E-state index in [-0.39, 0.29) is 0 Å². The first-order valence-electron chi connectivity index (χ1n) is 8.12. The number of ether oxygens (including phenoxy) is 3. The fraction of sp³-hybridized carbons (Fsp3) is 1.00. The molecule has 0 N–H and O–H groups in total. The van der Waals surface area contributed by atoms with E-state index >= 15 is 0 Å². The summed E-state index contributed by atoms with van der Waals surface area (Å²) in [5.74, 6) is 0. The van der Waals surface area contributed by atoms with Crippen LogP contribution in [0.15, 0.2) is 0 Å². The fourth-order valence-electron chi connectivity index (χ4n) is 3.61. The van der Waals surface area contributed by atoms with E-state index < -0.39 is 0 Å². The highest BCUT2D eigenvalue weighted by Gasteiger charge is 2.53. The van der Waals surface area contributed by atoms with Crippen LogP contribution in [0.3, 0.4) is 0 Å². The first kappa shape index (κ1) is 16.7. The summed E-state index contributed by atoms with van der Waals surface area (Å²) in [6.07, 6.45) is 10.8. The average molecular weight is 349 g/mol. The van der Waals surface area contributed by atoms with Crippen molar-refractivity contribution in [3.8, 4) is 0 Å². The quantitative estimate of drug-likeness (QED) is 0.491. The normalized spacial score (nSPS) is 29.1. The monoisotopic (exact) mass is 348 g/mol. The van der Waals surface area contributed by atoms with Crippen LogP contribution >= 0.6 is 15.9 Å². The summed E-state index contributed by atoms with van der Waals surface area (Å²) < 4.78 is 16.7. The highest BCUT2D eigenvalue weighted by molar-refractivity contribution is 9.09. The number of hydrogen-bond donors (Lipinski definition) is 0. The number of hydrogen-bond acceptors (Lipinski definition) is 3. The Morgan fingerprint density at radius 1 is 1.00 bits per heavy atom. The minimum Gasteiger partial charge on any atom is -0.385 e. The average Bonchev–Trinajstić information content (AvgIpc) is 2.73. The fourth-order valence-corrected chi connectivity index (χ4v) is 4.70. The molecule has 0 amide bonds. The van der Waals surface area contributed by atoms with Gasteiger partial charge in [0.15, 0.2) is 0 Å². The van der Waals surface area contributed by atoms with Crippen molar-refractivity contribution in [3.63, 3.8) is 0 Å². The topological polar surface area (TPSA) is 27.7 Å². The molecule has 0 aromatic rings. The first-order chi connectivity index (χ1) is 9.79. The highest BCUT2D eigenvalue weighted by atomic mass is 79.9. The van der Waals surface area contributed by atoms with Crippen LogP contribution in [0.25, 0.3) is 0 Å². The minimum atomic E-state index is 0.423. The number of rotatable bonds is 8. The molecule has 118 valence electrons. The van der Waals surface area contributed by atoms with Crippen molar-refractivity contribution < 1.29 is 14.2 Å². The van der Waals surface area contributed by atoms with Crippen LogP contribution in [0.4, 0.5) is 0 Å². The van der Waals surface area contributed by atoms with Crippen molar-refractivity contribution >= 4 is 15.9 Å². The van der Waals surface area contributed by atoms with Gasteiger partial charge in [-0.15, -0.1) is 0 Å². The van der Waals surface area contributed by atoms with Gasteiger partial charge in [-0.05, 0) is 25.7 Å². The maximum atomic E-state index is 6.12.